The van der Waals surface area contributed by atoms with Gasteiger partial charge in [-0.05, 0) is 26.7 Å². The van der Waals surface area contributed by atoms with Gasteiger partial charge >= 0.3 is 0 Å². The van der Waals surface area contributed by atoms with Crippen LogP contribution in [0.4, 0.5) is 0 Å². The molecule has 0 aromatic rings. The standard InChI is InChI=1S/C11H22O3/c1-3-13-11(2)14-10-8-6-4-5-7-9-12/h9,11H,3-8,10H2,1-2H3. The molecule has 0 fully saturated rings. The number of hydrogen-bond donors (Lipinski definition) is 0. The lowest BCUT2D eigenvalue weighted by Crippen LogP contribution is -2.13. The quantitative estimate of drug-likeness (QED) is 0.310. The first-order valence-corrected chi connectivity index (χ1v) is 5.48. The fourth-order valence-corrected chi connectivity index (χ4v) is 1.22. The largest absolute Gasteiger partial charge is 0.353 e. The van der Waals surface area contributed by atoms with Crippen molar-refractivity contribution in [3.05, 3.63) is 0 Å². The summed E-state index contributed by atoms with van der Waals surface area (Å²) in [4.78, 5) is 10.0. The van der Waals surface area contributed by atoms with Crippen molar-refractivity contribution in [2.45, 2.75) is 52.2 Å². The molecule has 0 bridgehead atoms. The molecule has 14 heavy (non-hydrogen) atoms. The molecule has 0 radical (unpaired) electrons. The van der Waals surface area contributed by atoms with Crippen LogP contribution in [0.5, 0.6) is 0 Å². The minimum Gasteiger partial charge on any atom is -0.353 e. The molecule has 1 unspecified atom stereocenters. The Morgan fingerprint density at radius 2 is 1.86 bits per heavy atom. The molecule has 84 valence electrons. The summed E-state index contributed by atoms with van der Waals surface area (Å²) in [6, 6.07) is 0. The molecule has 0 rings (SSSR count). The Morgan fingerprint density at radius 1 is 1.14 bits per heavy atom. The van der Waals surface area contributed by atoms with E-state index in [0.717, 1.165) is 38.6 Å². The van der Waals surface area contributed by atoms with Crippen LogP contribution in [0.2, 0.25) is 0 Å². The molecule has 0 aliphatic heterocycles. The molecular formula is C11H22O3. The Balaban J connectivity index is 3.01. The molecule has 0 amide bonds. The number of carbonyl (C=O) groups is 1. The van der Waals surface area contributed by atoms with Gasteiger partial charge in [0.15, 0.2) is 6.29 Å². The topological polar surface area (TPSA) is 35.5 Å². The third-order valence-corrected chi connectivity index (χ3v) is 1.97. The molecule has 1 atom stereocenters. The van der Waals surface area contributed by atoms with E-state index in [-0.39, 0.29) is 6.29 Å². The van der Waals surface area contributed by atoms with Crippen LogP contribution >= 0.6 is 0 Å². The molecule has 0 aromatic heterocycles. The van der Waals surface area contributed by atoms with Crippen molar-refractivity contribution in [2.75, 3.05) is 13.2 Å². The maximum Gasteiger partial charge on any atom is 0.154 e. The van der Waals surface area contributed by atoms with E-state index in [1.807, 2.05) is 13.8 Å². The third-order valence-electron chi connectivity index (χ3n) is 1.97. The minimum absolute atomic E-state index is 0.0880. The second-order valence-electron chi connectivity index (χ2n) is 3.26. The van der Waals surface area contributed by atoms with Gasteiger partial charge in [0, 0.05) is 19.6 Å². The Kier molecular flexibility index (Phi) is 10.4. The lowest BCUT2D eigenvalue weighted by molar-refractivity contribution is -0.127. The van der Waals surface area contributed by atoms with Gasteiger partial charge < -0.3 is 14.3 Å². The first kappa shape index (κ1) is 13.6. The zero-order valence-corrected chi connectivity index (χ0v) is 9.33. The van der Waals surface area contributed by atoms with Gasteiger partial charge in [-0.25, -0.2) is 0 Å². The van der Waals surface area contributed by atoms with E-state index in [4.69, 9.17) is 9.47 Å². The second kappa shape index (κ2) is 10.7. The number of aldehydes is 1. The lowest BCUT2D eigenvalue weighted by atomic mass is 10.2. The van der Waals surface area contributed by atoms with Gasteiger partial charge in [-0.1, -0.05) is 12.8 Å². The van der Waals surface area contributed by atoms with Crippen LogP contribution in [-0.4, -0.2) is 25.8 Å². The van der Waals surface area contributed by atoms with Crippen molar-refractivity contribution >= 4 is 6.29 Å². The molecule has 0 saturated carbocycles. The SMILES string of the molecule is CCOC(C)OCCCCCCC=O. The van der Waals surface area contributed by atoms with Crippen molar-refractivity contribution in [3.8, 4) is 0 Å². The summed E-state index contributed by atoms with van der Waals surface area (Å²) in [5.74, 6) is 0. The maximum absolute atomic E-state index is 10.0. The predicted molar refractivity (Wildman–Crippen MR) is 56.2 cm³/mol. The van der Waals surface area contributed by atoms with Crippen molar-refractivity contribution in [3.63, 3.8) is 0 Å². The highest BCUT2D eigenvalue weighted by Gasteiger charge is 1.98. The van der Waals surface area contributed by atoms with E-state index in [0.29, 0.717) is 13.0 Å². The van der Waals surface area contributed by atoms with Crippen LogP contribution in [0.1, 0.15) is 46.0 Å². The summed E-state index contributed by atoms with van der Waals surface area (Å²) in [5.41, 5.74) is 0. The molecule has 0 aliphatic rings. The molecule has 0 saturated heterocycles. The zero-order chi connectivity index (χ0) is 10.6. The molecular weight excluding hydrogens is 180 g/mol. The maximum atomic E-state index is 10.0. The van der Waals surface area contributed by atoms with E-state index >= 15 is 0 Å². The Hall–Kier alpha value is -0.410. The summed E-state index contributed by atoms with van der Waals surface area (Å²) >= 11 is 0. The van der Waals surface area contributed by atoms with Crippen LogP contribution in [-0.2, 0) is 14.3 Å². The van der Waals surface area contributed by atoms with Crippen LogP contribution in [0.25, 0.3) is 0 Å². The van der Waals surface area contributed by atoms with Crippen LogP contribution < -0.4 is 0 Å². The van der Waals surface area contributed by atoms with E-state index in [9.17, 15) is 4.79 Å². The van der Waals surface area contributed by atoms with Crippen LogP contribution in [0.15, 0.2) is 0 Å². The van der Waals surface area contributed by atoms with E-state index in [1.54, 1.807) is 0 Å². The van der Waals surface area contributed by atoms with Gasteiger partial charge in [0.1, 0.15) is 6.29 Å². The van der Waals surface area contributed by atoms with E-state index in [2.05, 4.69) is 0 Å². The number of rotatable bonds is 10. The third kappa shape index (κ3) is 9.68. The van der Waals surface area contributed by atoms with Gasteiger partial charge in [0.05, 0.1) is 0 Å². The molecule has 3 heteroatoms. The molecule has 3 nitrogen and oxygen atoms in total. The second-order valence-corrected chi connectivity index (χ2v) is 3.26. The average molecular weight is 202 g/mol. The monoisotopic (exact) mass is 202 g/mol. The summed E-state index contributed by atoms with van der Waals surface area (Å²) in [7, 11) is 0. The van der Waals surface area contributed by atoms with Gasteiger partial charge in [-0.3, -0.25) is 0 Å². The van der Waals surface area contributed by atoms with Crippen LogP contribution in [0.3, 0.4) is 0 Å². The number of ether oxygens (including phenoxy) is 2. The van der Waals surface area contributed by atoms with Crippen LogP contribution in [0, 0.1) is 0 Å². The Bertz CT molecular complexity index is 126. The van der Waals surface area contributed by atoms with Gasteiger partial charge in [0.2, 0.25) is 0 Å². The van der Waals surface area contributed by atoms with E-state index < -0.39 is 0 Å². The van der Waals surface area contributed by atoms with Crippen molar-refractivity contribution in [2.24, 2.45) is 0 Å². The lowest BCUT2D eigenvalue weighted by Gasteiger charge is -2.12. The highest BCUT2D eigenvalue weighted by Crippen LogP contribution is 2.03. The summed E-state index contributed by atoms with van der Waals surface area (Å²) in [5, 5.41) is 0. The molecule has 0 aliphatic carbocycles. The van der Waals surface area contributed by atoms with E-state index in [1.165, 1.54) is 0 Å². The van der Waals surface area contributed by atoms with Gasteiger partial charge in [-0.15, -0.1) is 0 Å². The molecule has 0 aromatic carbocycles. The normalized spacial score (nSPS) is 12.7. The highest BCUT2D eigenvalue weighted by atomic mass is 16.7. The Morgan fingerprint density at radius 3 is 2.50 bits per heavy atom. The number of carbonyl (C=O) groups excluding carboxylic acids is 1. The molecule has 0 spiro atoms. The average Bonchev–Trinajstić information content (AvgIpc) is 2.17. The number of hydrogen-bond acceptors (Lipinski definition) is 3. The summed E-state index contributed by atoms with van der Waals surface area (Å²) in [6.07, 6.45) is 5.89. The zero-order valence-electron chi connectivity index (χ0n) is 9.33. The fourth-order valence-electron chi connectivity index (χ4n) is 1.22. The first-order valence-electron chi connectivity index (χ1n) is 5.48. The first-order chi connectivity index (χ1) is 6.81. The fraction of sp³-hybridized carbons (Fsp3) is 0.909. The predicted octanol–water partition coefficient (Wildman–Crippen LogP) is 2.53. The minimum atomic E-state index is -0.0880. The number of unbranched alkanes of at least 4 members (excludes halogenated alkanes) is 4. The smallest absolute Gasteiger partial charge is 0.154 e. The summed E-state index contributed by atoms with van der Waals surface area (Å²) < 4.78 is 10.6. The van der Waals surface area contributed by atoms with Crippen molar-refractivity contribution < 1.29 is 14.3 Å². The molecule has 0 N–H and O–H groups in total. The van der Waals surface area contributed by atoms with Crippen molar-refractivity contribution in [1.29, 1.82) is 0 Å². The van der Waals surface area contributed by atoms with Gasteiger partial charge in [-0.2, -0.15) is 0 Å². The summed E-state index contributed by atoms with van der Waals surface area (Å²) in [6.45, 7) is 5.32. The highest BCUT2D eigenvalue weighted by molar-refractivity contribution is 5.48. The molecule has 0 heterocycles. The van der Waals surface area contributed by atoms with Gasteiger partial charge in [0.25, 0.3) is 0 Å². The van der Waals surface area contributed by atoms with Crippen molar-refractivity contribution in [1.82, 2.24) is 0 Å². The Labute approximate surface area is 86.8 Å².